The predicted octanol–water partition coefficient (Wildman–Crippen LogP) is 0.677. The topological polar surface area (TPSA) is 105 Å². The van der Waals surface area contributed by atoms with E-state index in [1.807, 2.05) is 35.8 Å². The van der Waals surface area contributed by atoms with Gasteiger partial charge in [-0.25, -0.2) is 4.68 Å². The number of hydrogen-bond donors (Lipinski definition) is 3. The number of rotatable bonds is 3. The molecule has 0 spiro atoms. The fraction of sp³-hybridized carbons (Fsp3) is 0.200. The van der Waals surface area contributed by atoms with Crippen LogP contribution in [0.25, 0.3) is 5.69 Å². The Morgan fingerprint density at radius 3 is 2.43 bits per heavy atom. The Hall–Kier alpha value is -3.16. The number of benzene rings is 1. The number of carbonyl (C=O) groups is 3. The molecular weight excluding hydrogens is 298 g/mol. The van der Waals surface area contributed by atoms with Crippen LogP contribution in [0.2, 0.25) is 0 Å². The number of carbonyl (C=O) groups excluding carboxylic acids is 3. The zero-order chi connectivity index (χ0) is 16.8. The maximum Gasteiger partial charge on any atom is 0.328 e. The van der Waals surface area contributed by atoms with Crippen LogP contribution in [0.4, 0.5) is 5.82 Å². The minimum absolute atomic E-state index is 0.196. The number of hydrogen-bond acceptors (Lipinski definition) is 4. The molecule has 0 bridgehead atoms. The van der Waals surface area contributed by atoms with Crippen molar-refractivity contribution in [2.75, 3.05) is 5.32 Å². The smallest absolute Gasteiger partial charge is 0.302 e. The quantitative estimate of drug-likeness (QED) is 0.572. The molecule has 0 aliphatic carbocycles. The first-order valence-electron chi connectivity index (χ1n) is 7.03. The first kappa shape index (κ1) is 16.2. The normalized spacial score (nSPS) is 10.0. The summed E-state index contributed by atoms with van der Waals surface area (Å²) in [6.07, 6.45) is 0.196. The van der Waals surface area contributed by atoms with Gasteiger partial charge in [-0.15, -0.1) is 0 Å². The zero-order valence-corrected chi connectivity index (χ0v) is 12.8. The van der Waals surface area contributed by atoms with Gasteiger partial charge in [-0.1, -0.05) is 25.1 Å². The molecule has 0 saturated heterocycles. The lowest BCUT2D eigenvalue weighted by molar-refractivity contribution is -0.138. The van der Waals surface area contributed by atoms with Crippen LogP contribution in [0.3, 0.4) is 0 Å². The van der Waals surface area contributed by atoms with E-state index in [1.54, 1.807) is 19.9 Å². The van der Waals surface area contributed by atoms with E-state index in [4.69, 9.17) is 0 Å². The summed E-state index contributed by atoms with van der Waals surface area (Å²) in [7, 11) is 0. The largest absolute Gasteiger partial charge is 0.328 e. The van der Waals surface area contributed by atoms with E-state index in [-0.39, 0.29) is 6.42 Å². The number of aryl methyl sites for hydroxylation is 1. The van der Waals surface area contributed by atoms with Crippen molar-refractivity contribution in [3.8, 4) is 5.69 Å². The molecule has 0 aliphatic rings. The van der Waals surface area contributed by atoms with Crippen LogP contribution in [0.1, 0.15) is 19.0 Å². The average molecular weight is 315 g/mol. The van der Waals surface area contributed by atoms with Gasteiger partial charge in [0.15, 0.2) is 0 Å². The van der Waals surface area contributed by atoms with Crippen molar-refractivity contribution < 1.29 is 14.4 Å². The van der Waals surface area contributed by atoms with Gasteiger partial charge in [-0.3, -0.25) is 25.2 Å². The van der Waals surface area contributed by atoms with Crippen LogP contribution in [0, 0.1) is 6.92 Å². The van der Waals surface area contributed by atoms with Gasteiger partial charge in [0.2, 0.25) is 5.91 Å². The molecule has 8 nitrogen and oxygen atoms in total. The van der Waals surface area contributed by atoms with Crippen LogP contribution >= 0.6 is 0 Å². The number of aromatic nitrogens is 2. The molecule has 2 aromatic rings. The summed E-state index contributed by atoms with van der Waals surface area (Å²) in [5.41, 5.74) is 5.60. The molecule has 1 aromatic heterocycles. The van der Waals surface area contributed by atoms with E-state index in [9.17, 15) is 14.4 Å². The summed E-state index contributed by atoms with van der Waals surface area (Å²) < 4.78 is 1.52. The second-order valence-corrected chi connectivity index (χ2v) is 4.73. The fourth-order valence-corrected chi connectivity index (χ4v) is 1.80. The van der Waals surface area contributed by atoms with E-state index in [0.29, 0.717) is 11.5 Å². The molecule has 2 rings (SSSR count). The number of para-hydroxylation sites is 1. The Kier molecular flexibility index (Phi) is 5.08. The first-order valence-corrected chi connectivity index (χ1v) is 7.03. The van der Waals surface area contributed by atoms with Crippen LogP contribution in [-0.4, -0.2) is 27.5 Å². The lowest BCUT2D eigenvalue weighted by Crippen LogP contribution is -2.46. The summed E-state index contributed by atoms with van der Waals surface area (Å²) in [4.78, 5) is 34.6. The Morgan fingerprint density at radius 1 is 1.09 bits per heavy atom. The van der Waals surface area contributed by atoms with Crippen molar-refractivity contribution in [1.29, 1.82) is 0 Å². The number of anilines is 1. The summed E-state index contributed by atoms with van der Waals surface area (Å²) in [6, 6.07) is 10.8. The van der Waals surface area contributed by atoms with Gasteiger partial charge < -0.3 is 5.32 Å². The molecule has 1 aromatic carbocycles. The Labute approximate surface area is 132 Å². The monoisotopic (exact) mass is 315 g/mol. The van der Waals surface area contributed by atoms with Crippen molar-refractivity contribution in [2.24, 2.45) is 0 Å². The highest BCUT2D eigenvalue weighted by Crippen LogP contribution is 2.16. The molecule has 120 valence electrons. The van der Waals surface area contributed by atoms with E-state index >= 15 is 0 Å². The molecule has 0 atom stereocenters. The van der Waals surface area contributed by atoms with Crippen molar-refractivity contribution in [3.63, 3.8) is 0 Å². The number of hydrazine groups is 1. The molecule has 8 heteroatoms. The van der Waals surface area contributed by atoms with E-state index in [0.717, 1.165) is 5.69 Å². The predicted molar refractivity (Wildman–Crippen MR) is 83.5 cm³/mol. The zero-order valence-electron chi connectivity index (χ0n) is 12.8. The summed E-state index contributed by atoms with van der Waals surface area (Å²) in [5, 5.41) is 6.75. The molecule has 3 amide bonds. The molecule has 3 N–H and O–H groups in total. The second-order valence-electron chi connectivity index (χ2n) is 4.73. The van der Waals surface area contributed by atoms with Gasteiger partial charge in [0, 0.05) is 12.5 Å². The van der Waals surface area contributed by atoms with Crippen LogP contribution in [0.15, 0.2) is 36.4 Å². The minimum Gasteiger partial charge on any atom is -0.302 e. The van der Waals surface area contributed by atoms with E-state index in [1.165, 1.54) is 4.68 Å². The molecule has 0 fully saturated rings. The Morgan fingerprint density at radius 2 is 1.78 bits per heavy atom. The Balaban J connectivity index is 2.10. The van der Waals surface area contributed by atoms with Crippen molar-refractivity contribution in [1.82, 2.24) is 20.6 Å². The van der Waals surface area contributed by atoms with Gasteiger partial charge in [0.05, 0.1) is 11.4 Å². The molecular formula is C15H17N5O3. The molecule has 0 radical (unpaired) electrons. The van der Waals surface area contributed by atoms with Gasteiger partial charge in [-0.2, -0.15) is 5.10 Å². The number of amides is 3. The van der Waals surface area contributed by atoms with Gasteiger partial charge in [0.1, 0.15) is 5.82 Å². The third-order valence-electron chi connectivity index (χ3n) is 2.92. The van der Waals surface area contributed by atoms with Gasteiger partial charge in [-0.05, 0) is 19.1 Å². The second kappa shape index (κ2) is 7.21. The van der Waals surface area contributed by atoms with Crippen LogP contribution in [-0.2, 0) is 14.4 Å². The molecule has 23 heavy (non-hydrogen) atoms. The number of nitrogens with one attached hydrogen (secondary N) is 3. The average Bonchev–Trinajstić information content (AvgIpc) is 2.93. The summed E-state index contributed by atoms with van der Waals surface area (Å²) in [6.45, 7) is 3.40. The van der Waals surface area contributed by atoms with E-state index in [2.05, 4.69) is 15.8 Å². The highest BCUT2D eigenvalue weighted by Gasteiger charge is 2.17. The molecule has 0 unspecified atom stereocenters. The summed E-state index contributed by atoms with van der Waals surface area (Å²) in [5.74, 6) is -1.91. The van der Waals surface area contributed by atoms with Crippen molar-refractivity contribution in [2.45, 2.75) is 20.3 Å². The van der Waals surface area contributed by atoms with Crippen LogP contribution < -0.4 is 16.2 Å². The lowest BCUT2D eigenvalue weighted by Gasteiger charge is -2.09. The number of nitrogens with zero attached hydrogens (tertiary/aromatic N) is 2. The van der Waals surface area contributed by atoms with Crippen molar-refractivity contribution in [3.05, 3.63) is 42.1 Å². The third-order valence-corrected chi connectivity index (χ3v) is 2.92. The molecule has 1 heterocycles. The maximum atomic E-state index is 11.9. The van der Waals surface area contributed by atoms with Gasteiger partial charge in [0.25, 0.3) is 0 Å². The maximum absolute atomic E-state index is 11.9. The standard InChI is InChI=1S/C15H17N5O3/c1-3-13(21)17-18-15(23)14(22)16-12-9-10(2)19-20(12)11-7-5-4-6-8-11/h4-9H,3H2,1-2H3,(H,16,22)(H,17,21)(H,18,23). The van der Waals surface area contributed by atoms with E-state index < -0.39 is 17.7 Å². The minimum atomic E-state index is -0.967. The lowest BCUT2D eigenvalue weighted by atomic mass is 10.3. The van der Waals surface area contributed by atoms with Crippen LogP contribution in [0.5, 0.6) is 0 Å². The Bertz CT molecular complexity index is 724. The fourth-order valence-electron chi connectivity index (χ4n) is 1.80. The third kappa shape index (κ3) is 4.16. The molecule has 0 aliphatic heterocycles. The molecule has 0 saturated carbocycles. The van der Waals surface area contributed by atoms with Gasteiger partial charge >= 0.3 is 11.8 Å². The summed E-state index contributed by atoms with van der Waals surface area (Å²) >= 11 is 0. The first-order chi connectivity index (χ1) is 11.0. The van der Waals surface area contributed by atoms with Crippen molar-refractivity contribution >= 4 is 23.5 Å². The highest BCUT2D eigenvalue weighted by molar-refractivity contribution is 6.39. The SMILES string of the molecule is CCC(=O)NNC(=O)C(=O)Nc1cc(C)nn1-c1ccccc1. The highest BCUT2D eigenvalue weighted by atomic mass is 16.2.